The summed E-state index contributed by atoms with van der Waals surface area (Å²) in [5.41, 5.74) is -0.178. The number of aryl methyl sites for hydroxylation is 1. The highest BCUT2D eigenvalue weighted by atomic mass is 31.2. The van der Waals surface area contributed by atoms with Crippen molar-refractivity contribution in [3.05, 3.63) is 23.0 Å². The van der Waals surface area contributed by atoms with E-state index in [9.17, 15) is 14.8 Å². The molecule has 0 saturated carbocycles. The maximum atomic E-state index is 10.6. The van der Waals surface area contributed by atoms with Crippen LogP contribution in [0.2, 0.25) is 0 Å². The summed E-state index contributed by atoms with van der Waals surface area (Å²) in [6.45, 7) is 0.849. The normalized spacial score (nSPS) is 13.7. The van der Waals surface area contributed by atoms with Gasteiger partial charge in [-0.15, -0.1) is 0 Å². The largest absolute Gasteiger partial charge is 0.506 e. The lowest BCUT2D eigenvalue weighted by Crippen LogP contribution is -2.07. The highest BCUT2D eigenvalue weighted by molar-refractivity contribution is 7.46. The molecule has 0 fully saturated rings. The SMILES string of the molecule is Cc1ncc(CO)c(C(O)OP(=O)(O)O)c1O. The molecule has 1 aromatic heterocycles. The van der Waals surface area contributed by atoms with Crippen LogP contribution in [-0.4, -0.2) is 30.1 Å². The van der Waals surface area contributed by atoms with E-state index >= 15 is 0 Å². The van der Waals surface area contributed by atoms with Crippen LogP contribution in [0.25, 0.3) is 0 Å². The lowest BCUT2D eigenvalue weighted by Gasteiger charge is -2.17. The number of rotatable bonds is 4. The van der Waals surface area contributed by atoms with Gasteiger partial charge in [0.05, 0.1) is 17.9 Å². The van der Waals surface area contributed by atoms with Crippen molar-refractivity contribution >= 4 is 7.82 Å². The first-order valence-electron chi connectivity index (χ1n) is 4.46. The molecule has 9 heteroatoms. The Morgan fingerprint density at radius 2 is 2.12 bits per heavy atom. The Balaban J connectivity index is 3.19. The summed E-state index contributed by atoms with van der Waals surface area (Å²) in [6, 6.07) is 0. The van der Waals surface area contributed by atoms with Crippen LogP contribution in [0.4, 0.5) is 0 Å². The number of aromatic hydroxyl groups is 1. The van der Waals surface area contributed by atoms with Crippen molar-refractivity contribution in [2.45, 2.75) is 19.8 Å². The van der Waals surface area contributed by atoms with E-state index in [4.69, 9.17) is 14.9 Å². The fourth-order valence-electron chi connectivity index (χ4n) is 1.24. The van der Waals surface area contributed by atoms with Crippen LogP contribution in [0.3, 0.4) is 0 Å². The summed E-state index contributed by atoms with van der Waals surface area (Å²) in [7, 11) is -4.92. The zero-order valence-corrected chi connectivity index (χ0v) is 9.70. The van der Waals surface area contributed by atoms with Crippen LogP contribution in [0.5, 0.6) is 5.75 Å². The summed E-state index contributed by atoms with van der Waals surface area (Å²) in [5.74, 6) is -0.488. The zero-order chi connectivity index (χ0) is 13.2. The molecule has 96 valence electrons. The maximum Gasteiger partial charge on any atom is 0.472 e. The van der Waals surface area contributed by atoms with Crippen LogP contribution in [0.1, 0.15) is 23.1 Å². The maximum absolute atomic E-state index is 10.6. The standard InChI is InChI=1S/C8H12NO7P/c1-4-7(11)6(5(3-10)2-9-4)8(12)16-17(13,14)15/h2,8,10-12H,3H2,1H3,(H2,13,14,15). The molecule has 0 aliphatic carbocycles. The fourth-order valence-corrected chi connectivity index (χ4v) is 1.60. The Hall–Kier alpha value is -1.02. The first-order valence-corrected chi connectivity index (χ1v) is 5.99. The van der Waals surface area contributed by atoms with Crippen LogP contribution < -0.4 is 0 Å². The van der Waals surface area contributed by atoms with E-state index in [0.717, 1.165) is 6.20 Å². The van der Waals surface area contributed by atoms with Crippen LogP contribution in [-0.2, 0) is 15.7 Å². The van der Waals surface area contributed by atoms with Crippen molar-refractivity contribution in [3.8, 4) is 5.75 Å². The second kappa shape index (κ2) is 5.09. The van der Waals surface area contributed by atoms with E-state index in [0.29, 0.717) is 0 Å². The first-order chi connectivity index (χ1) is 7.76. The fraction of sp³-hybridized carbons (Fsp3) is 0.375. The molecule has 17 heavy (non-hydrogen) atoms. The summed E-state index contributed by atoms with van der Waals surface area (Å²) in [5, 5.41) is 28.0. The van der Waals surface area contributed by atoms with Gasteiger partial charge in [-0.1, -0.05) is 0 Å². The van der Waals surface area contributed by atoms with Gasteiger partial charge in [0.2, 0.25) is 0 Å². The molecule has 0 aliphatic heterocycles. The van der Waals surface area contributed by atoms with E-state index in [2.05, 4.69) is 9.51 Å². The van der Waals surface area contributed by atoms with E-state index < -0.39 is 26.5 Å². The molecule has 0 aliphatic rings. The zero-order valence-electron chi connectivity index (χ0n) is 8.81. The summed E-state index contributed by atoms with van der Waals surface area (Å²) < 4.78 is 14.6. The molecular weight excluding hydrogens is 253 g/mol. The average molecular weight is 265 g/mol. The van der Waals surface area contributed by atoms with Gasteiger partial charge in [0.1, 0.15) is 5.75 Å². The molecule has 0 radical (unpaired) electrons. The number of hydrogen-bond donors (Lipinski definition) is 5. The molecule has 1 aromatic rings. The van der Waals surface area contributed by atoms with E-state index in [1.807, 2.05) is 0 Å². The molecular formula is C8H12NO7P. The molecule has 8 nitrogen and oxygen atoms in total. The third kappa shape index (κ3) is 3.47. The van der Waals surface area contributed by atoms with Gasteiger partial charge in [-0.25, -0.2) is 4.57 Å². The molecule has 0 amide bonds. The highest BCUT2D eigenvalue weighted by Crippen LogP contribution is 2.43. The van der Waals surface area contributed by atoms with Crippen molar-refractivity contribution in [2.24, 2.45) is 0 Å². The number of aromatic nitrogens is 1. The van der Waals surface area contributed by atoms with Gasteiger partial charge < -0.3 is 25.1 Å². The average Bonchev–Trinajstić information content (AvgIpc) is 2.19. The van der Waals surface area contributed by atoms with Gasteiger partial charge in [0.25, 0.3) is 0 Å². The van der Waals surface area contributed by atoms with Crippen molar-refractivity contribution in [2.75, 3.05) is 0 Å². The predicted molar refractivity (Wildman–Crippen MR) is 54.7 cm³/mol. The van der Waals surface area contributed by atoms with Crippen LogP contribution >= 0.6 is 7.82 Å². The van der Waals surface area contributed by atoms with Gasteiger partial charge in [-0.05, 0) is 6.92 Å². The number of phosphoric acid groups is 1. The molecule has 0 bridgehead atoms. The molecule has 1 rings (SSSR count). The quantitative estimate of drug-likeness (QED) is 0.368. The number of aliphatic hydroxyl groups is 2. The van der Waals surface area contributed by atoms with Crippen LogP contribution in [0, 0.1) is 6.92 Å². The minimum Gasteiger partial charge on any atom is -0.506 e. The number of pyridine rings is 1. The second-order valence-electron chi connectivity index (χ2n) is 3.24. The predicted octanol–water partition coefficient (Wildman–Crippen LogP) is -0.312. The molecule has 1 unspecified atom stereocenters. The van der Waals surface area contributed by atoms with Gasteiger partial charge in [-0.2, -0.15) is 0 Å². The second-order valence-corrected chi connectivity index (χ2v) is 4.43. The topological polar surface area (TPSA) is 140 Å². The van der Waals surface area contributed by atoms with Crippen LogP contribution in [0.15, 0.2) is 6.20 Å². The summed E-state index contributed by atoms with van der Waals surface area (Å²) in [4.78, 5) is 20.8. The third-order valence-electron chi connectivity index (χ3n) is 2.01. The van der Waals surface area contributed by atoms with Crippen molar-refractivity contribution in [1.29, 1.82) is 0 Å². The Kier molecular flexibility index (Phi) is 4.21. The van der Waals surface area contributed by atoms with E-state index in [1.54, 1.807) is 0 Å². The lowest BCUT2D eigenvalue weighted by atomic mass is 10.1. The Morgan fingerprint density at radius 3 is 2.59 bits per heavy atom. The van der Waals surface area contributed by atoms with Crippen molar-refractivity contribution in [1.82, 2.24) is 4.98 Å². The molecule has 1 atom stereocenters. The lowest BCUT2D eigenvalue weighted by molar-refractivity contribution is -0.0414. The number of nitrogens with zero attached hydrogens (tertiary/aromatic N) is 1. The number of aliphatic hydroxyl groups excluding tert-OH is 2. The summed E-state index contributed by atoms with van der Waals surface area (Å²) in [6.07, 6.45) is -0.893. The number of hydrogen-bond acceptors (Lipinski definition) is 6. The van der Waals surface area contributed by atoms with Crippen molar-refractivity contribution in [3.63, 3.8) is 0 Å². The Bertz CT molecular complexity index is 457. The van der Waals surface area contributed by atoms with Gasteiger partial charge >= 0.3 is 7.82 Å². The van der Waals surface area contributed by atoms with E-state index in [-0.39, 0.29) is 16.8 Å². The smallest absolute Gasteiger partial charge is 0.472 e. The van der Waals surface area contributed by atoms with Gasteiger partial charge in [0, 0.05) is 11.8 Å². The van der Waals surface area contributed by atoms with Gasteiger partial charge in [0.15, 0.2) is 6.29 Å². The monoisotopic (exact) mass is 265 g/mol. The number of phosphoric ester groups is 1. The molecule has 0 spiro atoms. The first kappa shape index (κ1) is 14.0. The minimum atomic E-state index is -4.92. The van der Waals surface area contributed by atoms with Crippen molar-refractivity contribution < 1.29 is 34.2 Å². The van der Waals surface area contributed by atoms with Gasteiger partial charge in [-0.3, -0.25) is 9.51 Å². The minimum absolute atomic E-state index is 0.00838. The molecule has 0 saturated heterocycles. The summed E-state index contributed by atoms with van der Waals surface area (Å²) >= 11 is 0. The molecule has 5 N–H and O–H groups in total. The Morgan fingerprint density at radius 1 is 1.53 bits per heavy atom. The Labute approximate surface area is 96.4 Å². The molecule has 1 heterocycles. The van der Waals surface area contributed by atoms with E-state index in [1.165, 1.54) is 6.92 Å². The third-order valence-corrected chi connectivity index (χ3v) is 2.49. The highest BCUT2D eigenvalue weighted by Gasteiger charge is 2.27. The molecule has 0 aromatic carbocycles.